The molecule has 28 heavy (non-hydrogen) atoms. The second kappa shape index (κ2) is 5.98. The van der Waals surface area contributed by atoms with E-state index in [4.69, 9.17) is 0 Å². The second-order valence-corrected chi connectivity index (χ2v) is 6.86. The molecule has 3 heterocycles. The third-order valence-electron chi connectivity index (χ3n) is 5.19. The Morgan fingerprint density at radius 2 is 1.89 bits per heavy atom. The van der Waals surface area contributed by atoms with Crippen LogP contribution in [0.5, 0.6) is 0 Å². The van der Waals surface area contributed by atoms with E-state index in [9.17, 15) is 13.6 Å². The largest absolute Gasteiger partial charge is 0.376 e. The normalized spacial score (nSPS) is 18.2. The van der Waals surface area contributed by atoms with Crippen LogP contribution in [0.2, 0.25) is 0 Å². The molecule has 2 atom stereocenters. The predicted molar refractivity (Wildman–Crippen MR) is 100 cm³/mol. The van der Waals surface area contributed by atoms with Gasteiger partial charge >= 0.3 is 0 Å². The van der Waals surface area contributed by atoms with Gasteiger partial charge < -0.3 is 9.88 Å². The zero-order valence-corrected chi connectivity index (χ0v) is 14.8. The number of nitrogens with one attached hydrogen (secondary N) is 2. The van der Waals surface area contributed by atoms with E-state index >= 15 is 0 Å². The molecule has 2 aromatic heterocycles. The first kappa shape index (κ1) is 16.6. The number of halogens is 2. The number of benzene rings is 2. The molecule has 5 rings (SSSR count). The van der Waals surface area contributed by atoms with Crippen molar-refractivity contribution in [1.82, 2.24) is 19.7 Å². The van der Waals surface area contributed by atoms with Gasteiger partial charge in [0.1, 0.15) is 17.5 Å². The summed E-state index contributed by atoms with van der Waals surface area (Å²) >= 11 is 0. The van der Waals surface area contributed by atoms with Crippen LogP contribution in [-0.2, 0) is 7.05 Å². The molecule has 2 N–H and O–H groups in total. The van der Waals surface area contributed by atoms with Gasteiger partial charge in [-0.05, 0) is 29.8 Å². The van der Waals surface area contributed by atoms with Crippen molar-refractivity contribution in [1.29, 1.82) is 0 Å². The lowest BCUT2D eigenvalue weighted by Gasteiger charge is -2.34. The van der Waals surface area contributed by atoms with Crippen LogP contribution in [0.3, 0.4) is 0 Å². The number of hydrogen-bond acceptors (Lipinski definition) is 4. The topological polar surface area (TPSA) is 75.6 Å². The summed E-state index contributed by atoms with van der Waals surface area (Å²) in [5, 5.41) is 10.9. The van der Waals surface area contributed by atoms with Gasteiger partial charge in [-0.2, -0.15) is 5.10 Å². The monoisotopic (exact) mass is 379 g/mol. The summed E-state index contributed by atoms with van der Waals surface area (Å²) in [5.41, 5.74) is 1.40. The highest BCUT2D eigenvalue weighted by Gasteiger charge is 2.37. The average Bonchev–Trinajstić information content (AvgIpc) is 3.10. The molecule has 0 bridgehead atoms. The van der Waals surface area contributed by atoms with Crippen LogP contribution in [0.15, 0.2) is 53.6 Å². The number of H-pyrrole nitrogens is 1. The number of imidazole rings is 1. The van der Waals surface area contributed by atoms with E-state index < -0.39 is 11.4 Å². The van der Waals surface area contributed by atoms with Gasteiger partial charge in [0.15, 0.2) is 0 Å². The lowest BCUT2D eigenvalue weighted by atomic mass is 9.83. The van der Waals surface area contributed by atoms with Crippen molar-refractivity contribution in [3.8, 4) is 0 Å². The molecule has 0 aliphatic carbocycles. The first-order valence-corrected chi connectivity index (χ1v) is 8.74. The summed E-state index contributed by atoms with van der Waals surface area (Å²) in [4.78, 5) is 16.7. The molecule has 140 valence electrons. The fourth-order valence-corrected chi connectivity index (χ4v) is 3.93. The number of rotatable bonds is 2. The number of anilines is 1. The maximum absolute atomic E-state index is 14.2. The zero-order chi connectivity index (χ0) is 19.4. The van der Waals surface area contributed by atoms with E-state index in [1.165, 1.54) is 24.3 Å². The van der Waals surface area contributed by atoms with E-state index in [0.717, 1.165) is 11.4 Å². The van der Waals surface area contributed by atoms with Crippen LogP contribution < -0.4 is 10.9 Å². The minimum Gasteiger partial charge on any atom is -0.376 e. The molecular weight excluding hydrogens is 364 g/mol. The lowest BCUT2D eigenvalue weighted by molar-refractivity contribution is 0.578. The molecule has 2 aromatic carbocycles. The van der Waals surface area contributed by atoms with Crippen molar-refractivity contribution < 1.29 is 8.78 Å². The molecule has 0 radical (unpaired) electrons. The van der Waals surface area contributed by atoms with Crippen LogP contribution >= 0.6 is 0 Å². The van der Waals surface area contributed by atoms with Gasteiger partial charge in [-0.25, -0.2) is 18.9 Å². The Balaban J connectivity index is 1.82. The van der Waals surface area contributed by atoms with E-state index in [2.05, 4.69) is 20.5 Å². The summed E-state index contributed by atoms with van der Waals surface area (Å²) in [6.07, 6.45) is 3.50. The predicted octanol–water partition coefficient (Wildman–Crippen LogP) is 3.23. The van der Waals surface area contributed by atoms with Crippen LogP contribution in [0.1, 0.15) is 29.0 Å². The molecule has 0 amide bonds. The highest BCUT2D eigenvalue weighted by molar-refractivity contribution is 5.97. The highest BCUT2D eigenvalue weighted by atomic mass is 19.1. The fraction of sp³-hybridized carbons (Fsp3) is 0.150. The van der Waals surface area contributed by atoms with Gasteiger partial charge in [-0.15, -0.1) is 0 Å². The molecule has 0 spiro atoms. The van der Waals surface area contributed by atoms with Crippen LogP contribution in [0, 0.1) is 11.6 Å². The number of aryl methyl sites for hydroxylation is 1. The van der Waals surface area contributed by atoms with Crippen LogP contribution in [-0.4, -0.2) is 19.7 Å². The molecular formula is C20H15F2N5O. The third-order valence-corrected chi connectivity index (χ3v) is 5.19. The average molecular weight is 379 g/mol. The van der Waals surface area contributed by atoms with Gasteiger partial charge in [0.25, 0.3) is 5.56 Å². The molecule has 4 aromatic rings. The summed E-state index contributed by atoms with van der Waals surface area (Å²) in [6.45, 7) is 0. The first-order chi connectivity index (χ1) is 13.5. The molecule has 0 fully saturated rings. The van der Waals surface area contributed by atoms with E-state index in [0.29, 0.717) is 16.8 Å². The minimum atomic E-state index is -0.522. The first-order valence-electron chi connectivity index (χ1n) is 8.74. The molecule has 0 saturated carbocycles. The number of hydrogen-bond donors (Lipinski definition) is 2. The van der Waals surface area contributed by atoms with Crippen molar-refractivity contribution in [2.24, 2.45) is 7.05 Å². The van der Waals surface area contributed by atoms with Crippen molar-refractivity contribution in [3.05, 3.63) is 87.9 Å². The summed E-state index contributed by atoms with van der Waals surface area (Å²) < 4.78 is 29.5. The standard InChI is InChI=1S/C20H15F2N5O/c1-27-7-6-23-19(27)16-17(10-2-4-11(21)5-3-10)24-14-9-12(22)8-13-15(14)18(16)25-26-20(13)28/h2-9,16-17,24H,1H3,(H,26,28)/t16-,17+/m0/s1. The number of nitrogens with zero attached hydrogens (tertiary/aromatic N) is 3. The molecule has 8 heteroatoms. The van der Waals surface area contributed by atoms with Crippen molar-refractivity contribution in [3.63, 3.8) is 0 Å². The quantitative estimate of drug-likeness (QED) is 0.561. The van der Waals surface area contributed by atoms with Gasteiger partial charge in [0.05, 0.1) is 23.0 Å². The molecule has 6 nitrogen and oxygen atoms in total. The Labute approximate surface area is 157 Å². The van der Waals surface area contributed by atoms with Gasteiger partial charge in [0, 0.05) is 30.5 Å². The van der Waals surface area contributed by atoms with Gasteiger partial charge in [-0.1, -0.05) is 12.1 Å². The second-order valence-electron chi connectivity index (χ2n) is 6.86. The number of aromatic nitrogens is 4. The Hall–Kier alpha value is -3.55. The molecule has 0 saturated heterocycles. The van der Waals surface area contributed by atoms with Crippen molar-refractivity contribution in [2.75, 3.05) is 5.32 Å². The van der Waals surface area contributed by atoms with Gasteiger partial charge in [-0.3, -0.25) is 4.79 Å². The minimum absolute atomic E-state index is 0.226. The lowest BCUT2D eigenvalue weighted by Crippen LogP contribution is -2.29. The van der Waals surface area contributed by atoms with E-state index in [1.54, 1.807) is 18.3 Å². The maximum atomic E-state index is 14.2. The summed E-state index contributed by atoms with van der Waals surface area (Å²) in [6, 6.07) is 8.28. The SMILES string of the molecule is Cn1ccnc1[C@@H]1c2n[nH]c(=O)c3cc(F)cc(c23)N[C@@H]1c1ccc(F)cc1. The fourth-order valence-electron chi connectivity index (χ4n) is 3.93. The molecule has 1 aliphatic rings. The van der Waals surface area contributed by atoms with Crippen LogP contribution in [0.4, 0.5) is 14.5 Å². The summed E-state index contributed by atoms with van der Waals surface area (Å²) in [5.74, 6) is -0.518. The van der Waals surface area contributed by atoms with Crippen LogP contribution in [0.25, 0.3) is 10.8 Å². The maximum Gasteiger partial charge on any atom is 0.272 e. The Bertz CT molecular complexity index is 1260. The van der Waals surface area contributed by atoms with E-state index in [-0.39, 0.29) is 23.2 Å². The smallest absolute Gasteiger partial charge is 0.272 e. The highest BCUT2D eigenvalue weighted by Crippen LogP contribution is 2.45. The van der Waals surface area contributed by atoms with E-state index in [1.807, 2.05) is 17.8 Å². The number of aromatic amines is 1. The van der Waals surface area contributed by atoms with Crippen molar-refractivity contribution in [2.45, 2.75) is 12.0 Å². The Morgan fingerprint density at radius 3 is 2.61 bits per heavy atom. The van der Waals surface area contributed by atoms with Gasteiger partial charge in [0.2, 0.25) is 0 Å². The Kier molecular flexibility index (Phi) is 3.55. The van der Waals surface area contributed by atoms with Crippen molar-refractivity contribution >= 4 is 16.5 Å². The summed E-state index contributed by atoms with van der Waals surface area (Å²) in [7, 11) is 1.87. The third kappa shape index (κ3) is 2.41. The molecule has 0 unspecified atom stereocenters. The molecule has 1 aliphatic heterocycles. The Morgan fingerprint density at radius 1 is 1.11 bits per heavy atom. The zero-order valence-electron chi connectivity index (χ0n) is 14.8.